The van der Waals surface area contributed by atoms with Crippen molar-refractivity contribution in [3.63, 3.8) is 0 Å². The topological polar surface area (TPSA) is 141 Å². The van der Waals surface area contributed by atoms with Crippen molar-refractivity contribution in [3.05, 3.63) is 71.8 Å². The molecule has 2 aromatic rings. The zero-order valence-electron chi connectivity index (χ0n) is 27.0. The summed E-state index contributed by atoms with van der Waals surface area (Å²) >= 11 is 15.9. The molecule has 0 bridgehead atoms. The van der Waals surface area contributed by atoms with E-state index in [9.17, 15) is 24.0 Å². The summed E-state index contributed by atoms with van der Waals surface area (Å²) in [4.78, 5) is 59.8. The minimum absolute atomic E-state index is 0.0670. The molecular weight excluding hydrogens is 701 g/mol. The third kappa shape index (κ3) is 15.2. The van der Waals surface area contributed by atoms with Crippen molar-refractivity contribution in [2.45, 2.75) is 31.5 Å². The third-order valence-electron chi connectivity index (χ3n) is 6.48. The molecule has 0 atom stereocenters. The number of rotatable bonds is 21. The highest BCUT2D eigenvalue weighted by atomic mass is 32.1. The Labute approximate surface area is 303 Å². The number of Topliss-reactive ketones (excluding diaryl/α,β-unsaturated/α-hetero) is 1. The van der Waals surface area contributed by atoms with E-state index in [1.807, 2.05) is 48.5 Å². The molecule has 0 radical (unpaired) electrons. The number of ether oxygens (including phenoxy) is 6. The fourth-order valence-electron chi connectivity index (χ4n) is 3.91. The van der Waals surface area contributed by atoms with E-state index in [0.29, 0.717) is 11.1 Å². The predicted molar refractivity (Wildman–Crippen MR) is 193 cm³/mol. The van der Waals surface area contributed by atoms with E-state index in [-0.39, 0.29) is 80.9 Å². The molecule has 0 fully saturated rings. The summed E-state index contributed by atoms with van der Waals surface area (Å²) in [5.74, 6) is -2.60. The molecule has 2 rings (SSSR count). The van der Waals surface area contributed by atoms with Crippen LogP contribution >= 0.6 is 50.5 Å². The molecule has 0 aliphatic heterocycles. The number of carbonyl (C=O) groups is 5. The molecule has 48 heavy (non-hydrogen) atoms. The van der Waals surface area contributed by atoms with Crippen LogP contribution in [-0.2, 0) is 53.4 Å². The van der Waals surface area contributed by atoms with Crippen molar-refractivity contribution >= 4 is 80.2 Å². The summed E-state index contributed by atoms with van der Waals surface area (Å²) in [6.07, 6.45) is 0.268. The lowest BCUT2D eigenvalue weighted by atomic mass is 9.92. The summed E-state index contributed by atoms with van der Waals surface area (Å²) in [6.45, 7) is -1.13. The van der Waals surface area contributed by atoms with E-state index in [2.05, 4.69) is 50.5 Å². The van der Waals surface area contributed by atoms with E-state index in [1.54, 1.807) is 12.1 Å². The van der Waals surface area contributed by atoms with Crippen molar-refractivity contribution in [1.82, 2.24) is 0 Å². The summed E-state index contributed by atoms with van der Waals surface area (Å²) in [5.41, 5.74) is -0.0271. The molecule has 0 spiro atoms. The first-order valence-corrected chi connectivity index (χ1v) is 17.4. The first kappa shape index (κ1) is 43.3. The van der Waals surface area contributed by atoms with Crippen LogP contribution in [0.1, 0.15) is 41.6 Å². The van der Waals surface area contributed by atoms with Gasteiger partial charge in [-0.05, 0) is 0 Å². The van der Waals surface area contributed by atoms with Crippen LogP contribution in [0.25, 0.3) is 0 Å². The normalized spacial score (nSPS) is 11.0. The second-order valence-corrected chi connectivity index (χ2v) is 11.9. The van der Waals surface area contributed by atoms with Crippen LogP contribution in [0.2, 0.25) is 0 Å². The lowest BCUT2D eigenvalue weighted by molar-refractivity contribution is -0.176. The fourth-order valence-corrected chi connectivity index (χ4v) is 4.64. The monoisotopic (exact) mass is 744 g/mol. The highest BCUT2D eigenvalue weighted by Gasteiger charge is 2.41. The summed E-state index contributed by atoms with van der Waals surface area (Å²) in [5, 5.41) is 0. The standard InChI is InChI=1S/C17H28O8S4.C16H16O3/c18-13(1-5-26)22-9-17(10-23-14(19)2-6-27,11-24-15(20)3-7-28)12-25-16(21)4-8-29;1-18-16(19-2,14-11-7-4-8-12-14)15(17)13-9-5-3-6-10-13/h26-29H,1-12H2;3-12H,1-2H3. The van der Waals surface area contributed by atoms with Gasteiger partial charge in [0.1, 0.15) is 31.8 Å². The van der Waals surface area contributed by atoms with Gasteiger partial charge in [0.25, 0.3) is 5.79 Å². The van der Waals surface area contributed by atoms with Gasteiger partial charge in [-0.15, -0.1) is 0 Å². The van der Waals surface area contributed by atoms with E-state index >= 15 is 0 Å². The minimum atomic E-state index is -1.40. The first-order chi connectivity index (χ1) is 23.1. The molecule has 0 amide bonds. The third-order valence-corrected chi connectivity index (χ3v) is 7.38. The molecule has 0 aliphatic rings. The van der Waals surface area contributed by atoms with Crippen molar-refractivity contribution in [2.75, 3.05) is 63.7 Å². The van der Waals surface area contributed by atoms with Crippen molar-refractivity contribution in [3.8, 4) is 0 Å². The Morgan fingerprint density at radius 3 is 1.12 bits per heavy atom. The number of hydrogen-bond donors (Lipinski definition) is 4. The molecule has 266 valence electrons. The Hall–Kier alpha value is -2.69. The number of ketones is 1. The van der Waals surface area contributed by atoms with Gasteiger partial charge in [-0.1, -0.05) is 60.7 Å². The van der Waals surface area contributed by atoms with E-state index in [4.69, 9.17) is 28.4 Å². The van der Waals surface area contributed by atoms with Gasteiger partial charge in [0, 0.05) is 48.4 Å². The quantitative estimate of drug-likeness (QED) is 0.0475. The van der Waals surface area contributed by atoms with Gasteiger partial charge in [-0.2, -0.15) is 50.5 Å². The number of esters is 4. The minimum Gasteiger partial charge on any atom is -0.465 e. The maximum Gasteiger partial charge on any atom is 0.306 e. The molecule has 0 aliphatic carbocycles. The van der Waals surface area contributed by atoms with Gasteiger partial charge in [-0.3, -0.25) is 24.0 Å². The zero-order chi connectivity index (χ0) is 35.8. The summed E-state index contributed by atoms with van der Waals surface area (Å²) < 4.78 is 31.7. The van der Waals surface area contributed by atoms with Crippen molar-refractivity contribution in [1.29, 1.82) is 0 Å². The summed E-state index contributed by atoms with van der Waals surface area (Å²) in [7, 11) is 2.94. The average Bonchev–Trinajstić information content (AvgIpc) is 3.10. The molecule has 15 heteroatoms. The molecular formula is C33H44O11S4. The molecule has 0 unspecified atom stereocenters. The SMILES string of the molecule is COC(OC)(C(=O)c1ccccc1)c1ccccc1.O=C(CCS)OCC(COC(=O)CCS)(COC(=O)CCS)COC(=O)CCS. The maximum absolute atomic E-state index is 12.7. The Morgan fingerprint density at radius 1 is 0.521 bits per heavy atom. The van der Waals surface area contributed by atoms with Crippen molar-refractivity contribution < 1.29 is 52.4 Å². The average molecular weight is 745 g/mol. The molecule has 0 N–H and O–H groups in total. The highest BCUT2D eigenvalue weighted by Crippen LogP contribution is 2.30. The number of thiol groups is 4. The lowest BCUT2D eigenvalue weighted by Gasteiger charge is -2.31. The molecule has 2 aromatic carbocycles. The van der Waals surface area contributed by atoms with Gasteiger partial charge in [0.05, 0.1) is 25.7 Å². The molecule has 11 nitrogen and oxygen atoms in total. The fraction of sp³-hybridized carbons (Fsp3) is 0.485. The van der Waals surface area contributed by atoms with E-state index < -0.39 is 35.1 Å². The van der Waals surface area contributed by atoms with Crippen LogP contribution in [-0.4, -0.2) is 93.3 Å². The second kappa shape index (κ2) is 24.4. The van der Waals surface area contributed by atoms with Crippen LogP contribution in [0.5, 0.6) is 0 Å². The van der Waals surface area contributed by atoms with Crippen molar-refractivity contribution in [2.24, 2.45) is 5.41 Å². The smallest absolute Gasteiger partial charge is 0.306 e. The Balaban J connectivity index is 0.000000519. The molecule has 0 aromatic heterocycles. The number of hydrogen-bond acceptors (Lipinski definition) is 15. The van der Waals surface area contributed by atoms with Gasteiger partial charge >= 0.3 is 23.9 Å². The van der Waals surface area contributed by atoms with Crippen LogP contribution < -0.4 is 0 Å². The van der Waals surface area contributed by atoms with Crippen LogP contribution in [0.3, 0.4) is 0 Å². The molecule has 0 heterocycles. The lowest BCUT2D eigenvalue weighted by Crippen LogP contribution is -2.44. The zero-order valence-corrected chi connectivity index (χ0v) is 30.6. The predicted octanol–water partition coefficient (Wildman–Crippen LogP) is 4.44. The van der Waals surface area contributed by atoms with Gasteiger partial charge in [-0.25, -0.2) is 0 Å². The van der Waals surface area contributed by atoms with Crippen LogP contribution in [0.4, 0.5) is 0 Å². The van der Waals surface area contributed by atoms with Gasteiger partial charge < -0.3 is 28.4 Å². The van der Waals surface area contributed by atoms with Gasteiger partial charge in [0.15, 0.2) is 0 Å². The molecule has 0 saturated heterocycles. The summed E-state index contributed by atoms with van der Waals surface area (Å²) in [6, 6.07) is 18.2. The van der Waals surface area contributed by atoms with Crippen LogP contribution in [0.15, 0.2) is 60.7 Å². The Kier molecular flexibility index (Phi) is 22.1. The van der Waals surface area contributed by atoms with Crippen LogP contribution in [0, 0.1) is 5.41 Å². The Bertz CT molecular complexity index is 1170. The molecule has 0 saturated carbocycles. The Morgan fingerprint density at radius 2 is 0.833 bits per heavy atom. The maximum atomic E-state index is 12.7. The van der Waals surface area contributed by atoms with Gasteiger partial charge in [0.2, 0.25) is 5.78 Å². The number of carbonyl (C=O) groups excluding carboxylic acids is 5. The first-order valence-electron chi connectivity index (χ1n) is 14.9. The van der Waals surface area contributed by atoms with E-state index in [0.717, 1.165) is 0 Å². The largest absolute Gasteiger partial charge is 0.465 e. The second-order valence-electron chi connectivity index (χ2n) is 10.1. The number of benzene rings is 2. The number of methoxy groups -OCH3 is 2. The highest BCUT2D eigenvalue weighted by molar-refractivity contribution is 7.80. The van der Waals surface area contributed by atoms with E-state index in [1.165, 1.54) is 14.2 Å².